The molecule has 0 aliphatic carbocycles. The van der Waals surface area contributed by atoms with Gasteiger partial charge in [-0.05, 0) is 19.9 Å². The Morgan fingerprint density at radius 3 is 2.25 bits per heavy atom. The summed E-state index contributed by atoms with van der Waals surface area (Å²) in [5.41, 5.74) is 1.40. The molecule has 0 fully saturated rings. The first kappa shape index (κ1) is 19.8. The minimum atomic E-state index is -0.894. The van der Waals surface area contributed by atoms with Crippen molar-refractivity contribution < 1.29 is 29.0 Å². The number of carboxylic acid groups (broad SMARTS) is 1. The standard InChI is InChI=1S/C17H23NO6/c1-12(19)14-4-3-5-15(17(14)13(2)20)18-7-9-24-11-10-23-8-6-16(21)22/h3-5,18H,6-11H2,1-2H3,(H,21,22). The summed E-state index contributed by atoms with van der Waals surface area (Å²) in [5.74, 6) is -1.22. The highest BCUT2D eigenvalue weighted by atomic mass is 16.5. The molecule has 0 saturated heterocycles. The van der Waals surface area contributed by atoms with Gasteiger partial charge in [-0.25, -0.2) is 0 Å². The number of Topliss-reactive ketones (excluding diaryl/α,β-unsaturated/α-hetero) is 2. The zero-order valence-corrected chi connectivity index (χ0v) is 14.0. The number of anilines is 1. The fourth-order valence-electron chi connectivity index (χ4n) is 2.11. The Kier molecular flexibility index (Phi) is 8.67. The molecule has 0 heterocycles. The van der Waals surface area contributed by atoms with Crippen molar-refractivity contribution in [3.05, 3.63) is 29.3 Å². The fraction of sp³-hybridized carbons (Fsp3) is 0.471. The van der Waals surface area contributed by atoms with Crippen molar-refractivity contribution in [3.63, 3.8) is 0 Å². The molecule has 7 heteroatoms. The highest BCUT2D eigenvalue weighted by Crippen LogP contribution is 2.21. The average Bonchev–Trinajstić information content (AvgIpc) is 2.52. The normalized spacial score (nSPS) is 10.4. The molecular formula is C17H23NO6. The number of ketones is 2. The van der Waals surface area contributed by atoms with Gasteiger partial charge in [-0.15, -0.1) is 0 Å². The molecule has 132 valence electrons. The molecule has 0 spiro atoms. The van der Waals surface area contributed by atoms with Gasteiger partial charge < -0.3 is 19.9 Å². The molecule has 7 nitrogen and oxygen atoms in total. The maximum atomic E-state index is 11.8. The van der Waals surface area contributed by atoms with E-state index in [4.69, 9.17) is 14.6 Å². The lowest BCUT2D eigenvalue weighted by Crippen LogP contribution is -2.16. The van der Waals surface area contributed by atoms with Crippen LogP contribution in [0.15, 0.2) is 18.2 Å². The van der Waals surface area contributed by atoms with Gasteiger partial charge in [0.25, 0.3) is 0 Å². The Morgan fingerprint density at radius 2 is 1.67 bits per heavy atom. The molecule has 0 aromatic heterocycles. The van der Waals surface area contributed by atoms with Crippen molar-refractivity contribution in [2.75, 3.05) is 38.3 Å². The van der Waals surface area contributed by atoms with E-state index in [2.05, 4.69) is 5.32 Å². The van der Waals surface area contributed by atoms with Gasteiger partial charge in [0.05, 0.1) is 38.4 Å². The minimum Gasteiger partial charge on any atom is -0.481 e. The molecule has 0 unspecified atom stereocenters. The van der Waals surface area contributed by atoms with Crippen molar-refractivity contribution in [1.82, 2.24) is 0 Å². The Hall–Kier alpha value is -2.25. The number of hydrogen-bond donors (Lipinski definition) is 2. The lowest BCUT2D eigenvalue weighted by Gasteiger charge is -2.13. The first-order valence-electron chi connectivity index (χ1n) is 7.69. The number of hydrogen-bond acceptors (Lipinski definition) is 6. The van der Waals surface area contributed by atoms with E-state index in [9.17, 15) is 14.4 Å². The molecule has 1 rings (SSSR count). The first-order chi connectivity index (χ1) is 11.4. The summed E-state index contributed by atoms with van der Waals surface area (Å²) >= 11 is 0. The zero-order chi connectivity index (χ0) is 17.9. The Bertz CT molecular complexity index is 584. The van der Waals surface area contributed by atoms with Crippen molar-refractivity contribution in [2.24, 2.45) is 0 Å². The highest BCUT2D eigenvalue weighted by molar-refractivity contribution is 6.10. The second-order valence-electron chi connectivity index (χ2n) is 5.14. The third-order valence-corrected chi connectivity index (χ3v) is 3.19. The van der Waals surface area contributed by atoms with Gasteiger partial charge in [-0.1, -0.05) is 12.1 Å². The zero-order valence-electron chi connectivity index (χ0n) is 14.0. The van der Waals surface area contributed by atoms with Crippen molar-refractivity contribution >= 4 is 23.2 Å². The smallest absolute Gasteiger partial charge is 0.305 e. The van der Waals surface area contributed by atoms with E-state index >= 15 is 0 Å². The molecule has 0 amide bonds. The largest absolute Gasteiger partial charge is 0.481 e. The van der Waals surface area contributed by atoms with Crippen molar-refractivity contribution in [3.8, 4) is 0 Å². The van der Waals surface area contributed by atoms with E-state index in [0.29, 0.717) is 43.2 Å². The van der Waals surface area contributed by atoms with Crippen LogP contribution in [0.4, 0.5) is 5.69 Å². The Labute approximate surface area is 141 Å². The van der Waals surface area contributed by atoms with Gasteiger partial charge in [0.1, 0.15) is 0 Å². The van der Waals surface area contributed by atoms with Crippen LogP contribution in [0, 0.1) is 0 Å². The van der Waals surface area contributed by atoms with E-state index in [1.54, 1.807) is 18.2 Å². The molecule has 0 aliphatic rings. The summed E-state index contributed by atoms with van der Waals surface area (Å²) in [6, 6.07) is 5.11. The second kappa shape index (κ2) is 10.5. The monoisotopic (exact) mass is 337 g/mol. The van der Waals surface area contributed by atoms with E-state index in [1.165, 1.54) is 13.8 Å². The van der Waals surface area contributed by atoms with Crippen molar-refractivity contribution in [1.29, 1.82) is 0 Å². The van der Waals surface area contributed by atoms with Crippen LogP contribution >= 0.6 is 0 Å². The molecule has 2 N–H and O–H groups in total. The quantitative estimate of drug-likeness (QED) is 0.444. The maximum Gasteiger partial charge on any atom is 0.305 e. The van der Waals surface area contributed by atoms with Crippen LogP contribution in [-0.4, -0.2) is 55.6 Å². The van der Waals surface area contributed by atoms with Gasteiger partial charge in [0.2, 0.25) is 0 Å². The van der Waals surface area contributed by atoms with Crippen LogP contribution < -0.4 is 5.32 Å². The molecule has 0 bridgehead atoms. The number of nitrogens with one attached hydrogen (secondary N) is 1. The second-order valence-corrected chi connectivity index (χ2v) is 5.14. The van der Waals surface area contributed by atoms with Gasteiger partial charge in [-0.3, -0.25) is 14.4 Å². The van der Waals surface area contributed by atoms with Crippen LogP contribution in [0.2, 0.25) is 0 Å². The SMILES string of the molecule is CC(=O)c1cccc(NCCOCCOCCC(=O)O)c1C(C)=O. The molecule has 0 saturated carbocycles. The Morgan fingerprint density at radius 1 is 1.00 bits per heavy atom. The molecule has 24 heavy (non-hydrogen) atoms. The first-order valence-corrected chi connectivity index (χ1v) is 7.69. The third-order valence-electron chi connectivity index (χ3n) is 3.19. The molecule has 1 aromatic carbocycles. The van der Waals surface area contributed by atoms with Crippen LogP contribution in [0.1, 0.15) is 41.0 Å². The predicted molar refractivity (Wildman–Crippen MR) is 88.8 cm³/mol. The van der Waals surface area contributed by atoms with Crippen LogP contribution in [0.3, 0.4) is 0 Å². The number of aliphatic carboxylic acids is 1. The molecular weight excluding hydrogens is 314 g/mol. The molecule has 0 radical (unpaired) electrons. The van der Waals surface area contributed by atoms with Crippen LogP contribution in [0.25, 0.3) is 0 Å². The Balaban J connectivity index is 2.35. The highest BCUT2D eigenvalue weighted by Gasteiger charge is 2.15. The molecule has 1 aromatic rings. The molecule has 0 atom stereocenters. The summed E-state index contributed by atoms with van der Waals surface area (Å²) in [7, 11) is 0. The van der Waals surface area contributed by atoms with Crippen LogP contribution in [0.5, 0.6) is 0 Å². The van der Waals surface area contributed by atoms with E-state index in [0.717, 1.165) is 0 Å². The number of rotatable bonds is 12. The number of benzene rings is 1. The summed E-state index contributed by atoms with van der Waals surface area (Å²) in [6.07, 6.45) is -0.0259. The maximum absolute atomic E-state index is 11.8. The summed E-state index contributed by atoms with van der Waals surface area (Å²) < 4.78 is 10.4. The number of ether oxygens (including phenoxy) is 2. The third kappa shape index (κ3) is 6.89. The fourth-order valence-corrected chi connectivity index (χ4v) is 2.11. The minimum absolute atomic E-state index is 0.0259. The van der Waals surface area contributed by atoms with E-state index in [1.807, 2.05) is 0 Å². The predicted octanol–water partition coefficient (Wildman–Crippen LogP) is 2.01. The van der Waals surface area contributed by atoms with Crippen molar-refractivity contribution in [2.45, 2.75) is 20.3 Å². The van der Waals surface area contributed by atoms with Gasteiger partial charge in [0, 0.05) is 17.8 Å². The summed E-state index contributed by atoms with van der Waals surface area (Å²) in [6.45, 7) is 4.56. The number of carbonyl (C=O) groups is 3. The van der Waals surface area contributed by atoms with Gasteiger partial charge >= 0.3 is 5.97 Å². The summed E-state index contributed by atoms with van der Waals surface area (Å²) in [4.78, 5) is 33.7. The number of carboxylic acids is 1. The van der Waals surface area contributed by atoms with Gasteiger partial charge in [-0.2, -0.15) is 0 Å². The lowest BCUT2D eigenvalue weighted by atomic mass is 9.99. The van der Waals surface area contributed by atoms with E-state index < -0.39 is 5.97 Å². The summed E-state index contributed by atoms with van der Waals surface area (Å²) in [5, 5.41) is 11.5. The lowest BCUT2D eigenvalue weighted by molar-refractivity contribution is -0.138. The van der Waals surface area contributed by atoms with Gasteiger partial charge in [0.15, 0.2) is 11.6 Å². The average molecular weight is 337 g/mol. The van der Waals surface area contributed by atoms with E-state index in [-0.39, 0.29) is 24.6 Å². The van der Waals surface area contributed by atoms with Crippen LogP contribution in [-0.2, 0) is 14.3 Å². The topological polar surface area (TPSA) is 102 Å². The molecule has 0 aliphatic heterocycles. The number of carbonyl (C=O) groups excluding carboxylic acids is 2.